The number of nitrogens with zero attached hydrogens (tertiary/aromatic N) is 4. The van der Waals surface area contributed by atoms with Crippen molar-refractivity contribution in [1.82, 2.24) is 18.8 Å². The number of aromatic nitrogens is 4. The summed E-state index contributed by atoms with van der Waals surface area (Å²) in [5.74, 6) is 0. The molecule has 0 aliphatic rings. The highest BCUT2D eigenvalue weighted by Crippen LogP contribution is 2.39. The van der Waals surface area contributed by atoms with Crippen LogP contribution in [0.1, 0.15) is 52.7 Å². The highest BCUT2D eigenvalue weighted by atomic mass is 15.0. The van der Waals surface area contributed by atoms with Gasteiger partial charge < -0.3 is 0 Å². The highest BCUT2D eigenvalue weighted by Gasteiger charge is 2.21. The van der Waals surface area contributed by atoms with Gasteiger partial charge in [-0.1, -0.05) is 114 Å². The minimum atomic E-state index is 0.0410. The lowest BCUT2D eigenvalue weighted by Crippen LogP contribution is -2.10. The van der Waals surface area contributed by atoms with Crippen LogP contribution < -0.4 is 0 Å². The first-order chi connectivity index (χ1) is 24.0. The van der Waals surface area contributed by atoms with Crippen LogP contribution in [0.4, 0.5) is 0 Å². The Labute approximate surface area is 290 Å². The molecule has 0 atom stereocenters. The first-order valence-corrected chi connectivity index (χ1v) is 17.6. The lowest BCUT2D eigenvalue weighted by molar-refractivity contribution is 0.591. The zero-order chi connectivity index (χ0) is 34.1. The van der Waals surface area contributed by atoms with Gasteiger partial charge >= 0.3 is 0 Å². The molecule has 0 N–H and O–H groups in total. The van der Waals surface area contributed by atoms with Gasteiger partial charge in [-0.2, -0.15) is 0 Å². The van der Waals surface area contributed by atoms with Crippen molar-refractivity contribution in [2.75, 3.05) is 0 Å². The Balaban J connectivity index is 1.28. The fourth-order valence-electron chi connectivity index (χ4n) is 8.01. The molecule has 10 aromatic rings. The topological polar surface area (TPSA) is 34.6 Å². The summed E-state index contributed by atoms with van der Waals surface area (Å²) in [5.41, 5.74) is 13.7. The van der Waals surface area contributed by atoms with E-state index in [0.717, 1.165) is 44.3 Å². The van der Waals surface area contributed by atoms with Gasteiger partial charge in [0.15, 0.2) is 0 Å². The van der Waals surface area contributed by atoms with Crippen molar-refractivity contribution >= 4 is 76.7 Å². The van der Waals surface area contributed by atoms with E-state index in [1.807, 2.05) is 0 Å². The Kier molecular flexibility index (Phi) is 5.79. The number of para-hydroxylation sites is 3. The van der Waals surface area contributed by atoms with Crippen LogP contribution in [0.5, 0.6) is 0 Å². The average Bonchev–Trinajstić information content (AvgIpc) is 3.70. The van der Waals surface area contributed by atoms with Crippen molar-refractivity contribution in [3.05, 3.63) is 132 Å². The van der Waals surface area contributed by atoms with Crippen LogP contribution in [-0.4, -0.2) is 18.8 Å². The van der Waals surface area contributed by atoms with Crippen molar-refractivity contribution in [2.24, 2.45) is 0 Å². The molecular formula is C46H38N4. The third kappa shape index (κ3) is 4.11. The van der Waals surface area contributed by atoms with Crippen LogP contribution in [0.25, 0.3) is 87.8 Å². The van der Waals surface area contributed by atoms with Crippen LogP contribution >= 0.6 is 0 Å². The van der Waals surface area contributed by atoms with Crippen LogP contribution in [0.2, 0.25) is 0 Å². The molecule has 0 fully saturated rings. The molecule has 0 amide bonds. The van der Waals surface area contributed by atoms with E-state index in [1.165, 1.54) is 54.7 Å². The quantitative estimate of drug-likeness (QED) is 0.166. The number of hydrogen-bond donors (Lipinski definition) is 0. The zero-order valence-electron chi connectivity index (χ0n) is 29.3. The van der Waals surface area contributed by atoms with E-state index in [0.29, 0.717) is 0 Å². The number of fused-ring (bicyclic) bond motifs is 16. The monoisotopic (exact) mass is 646 g/mol. The van der Waals surface area contributed by atoms with E-state index >= 15 is 0 Å². The van der Waals surface area contributed by atoms with E-state index in [-0.39, 0.29) is 10.8 Å². The first-order valence-electron chi connectivity index (χ1n) is 17.6. The minimum absolute atomic E-state index is 0.0410. The number of benzene rings is 6. The fourth-order valence-corrected chi connectivity index (χ4v) is 8.01. The van der Waals surface area contributed by atoms with E-state index in [4.69, 9.17) is 9.97 Å². The number of imidazole rings is 2. The van der Waals surface area contributed by atoms with Crippen molar-refractivity contribution in [2.45, 2.75) is 52.4 Å². The second-order valence-electron chi connectivity index (χ2n) is 16.0. The molecule has 4 heterocycles. The summed E-state index contributed by atoms with van der Waals surface area (Å²) in [6.07, 6.45) is 0. The van der Waals surface area contributed by atoms with Crippen LogP contribution in [0.15, 0.2) is 121 Å². The molecule has 10 rings (SSSR count). The number of rotatable bonds is 1. The Bertz CT molecular complexity index is 3050. The third-order valence-electron chi connectivity index (χ3n) is 10.8. The molecule has 0 bridgehead atoms. The van der Waals surface area contributed by atoms with Gasteiger partial charge in [-0.3, -0.25) is 8.80 Å². The maximum atomic E-state index is 5.28. The molecule has 0 saturated heterocycles. The van der Waals surface area contributed by atoms with E-state index in [1.54, 1.807) is 0 Å². The predicted octanol–water partition coefficient (Wildman–Crippen LogP) is 12.2. The molecule has 242 valence electrons. The highest BCUT2D eigenvalue weighted by molar-refractivity contribution is 6.16. The van der Waals surface area contributed by atoms with Crippen molar-refractivity contribution < 1.29 is 0 Å². The van der Waals surface area contributed by atoms with Gasteiger partial charge in [0.25, 0.3) is 0 Å². The van der Waals surface area contributed by atoms with Gasteiger partial charge in [0.05, 0.1) is 33.1 Å². The van der Waals surface area contributed by atoms with Crippen molar-refractivity contribution in [1.29, 1.82) is 0 Å². The summed E-state index contributed by atoms with van der Waals surface area (Å²) >= 11 is 0. The van der Waals surface area contributed by atoms with Crippen LogP contribution in [-0.2, 0) is 10.8 Å². The molecular weight excluding hydrogens is 609 g/mol. The summed E-state index contributed by atoms with van der Waals surface area (Å²) < 4.78 is 4.72. The van der Waals surface area contributed by atoms with Gasteiger partial charge in [0.1, 0.15) is 11.3 Å². The summed E-state index contributed by atoms with van der Waals surface area (Å²) in [7, 11) is 0. The Hall–Kier alpha value is -5.74. The molecule has 50 heavy (non-hydrogen) atoms. The number of hydrogen-bond acceptors (Lipinski definition) is 2. The Morgan fingerprint density at radius 2 is 0.940 bits per heavy atom. The van der Waals surface area contributed by atoms with E-state index in [2.05, 4.69) is 172 Å². The van der Waals surface area contributed by atoms with Gasteiger partial charge in [0.2, 0.25) is 0 Å². The standard InChI is InChI=1S/C46H38N4/c1-45(2,3)29-17-21-34-35(25-29)33-20-16-28(24-41(33)50-40-14-10-8-12-37(40)47-43(34)50)27-15-19-31-32-11-7-9-13-39(32)49-42-26-30(46(4,5)6)18-22-38(42)48-44(49)36(31)23-27/h7-26H,1-6H3. The van der Waals surface area contributed by atoms with Crippen LogP contribution in [0, 0.1) is 0 Å². The summed E-state index contributed by atoms with van der Waals surface area (Å²) in [6.45, 7) is 13.7. The molecule has 0 aliphatic heterocycles. The van der Waals surface area contributed by atoms with Gasteiger partial charge in [-0.05, 0) is 92.4 Å². The molecule has 0 unspecified atom stereocenters. The van der Waals surface area contributed by atoms with E-state index in [9.17, 15) is 0 Å². The lowest BCUT2D eigenvalue weighted by atomic mass is 9.85. The summed E-state index contributed by atoms with van der Waals surface area (Å²) in [5, 5.41) is 7.25. The van der Waals surface area contributed by atoms with Crippen molar-refractivity contribution in [3.63, 3.8) is 0 Å². The fraction of sp³-hybridized carbons (Fsp3) is 0.174. The lowest BCUT2D eigenvalue weighted by Gasteiger charge is -2.20. The molecule has 4 nitrogen and oxygen atoms in total. The second kappa shape index (κ2) is 9.92. The van der Waals surface area contributed by atoms with Crippen molar-refractivity contribution in [3.8, 4) is 11.1 Å². The maximum absolute atomic E-state index is 5.28. The van der Waals surface area contributed by atoms with E-state index < -0.39 is 0 Å². The predicted molar refractivity (Wildman–Crippen MR) is 212 cm³/mol. The average molecular weight is 647 g/mol. The molecule has 4 aromatic heterocycles. The van der Waals surface area contributed by atoms with Gasteiger partial charge in [0, 0.05) is 21.5 Å². The van der Waals surface area contributed by atoms with Gasteiger partial charge in [-0.25, -0.2) is 9.97 Å². The number of pyridine rings is 2. The van der Waals surface area contributed by atoms with Crippen LogP contribution in [0.3, 0.4) is 0 Å². The summed E-state index contributed by atoms with van der Waals surface area (Å²) in [4.78, 5) is 10.5. The largest absolute Gasteiger partial charge is 0.292 e. The molecule has 0 spiro atoms. The molecule has 0 radical (unpaired) electrons. The first kappa shape index (κ1) is 29.2. The molecule has 4 heteroatoms. The Morgan fingerprint density at radius 1 is 0.380 bits per heavy atom. The SMILES string of the molecule is CC(C)(C)c1ccc2c(c1)c1ccc(-c3ccc4c5ccccc5n5c6cc(C(C)(C)C)ccc6nc5c4c3)cc1n1c3ccccc3nc21. The normalized spacial score (nSPS) is 13.0. The molecule has 0 saturated carbocycles. The second-order valence-corrected chi connectivity index (χ2v) is 16.0. The Morgan fingerprint density at radius 3 is 1.72 bits per heavy atom. The maximum Gasteiger partial charge on any atom is 0.146 e. The smallest absolute Gasteiger partial charge is 0.146 e. The third-order valence-corrected chi connectivity index (χ3v) is 10.8. The minimum Gasteiger partial charge on any atom is -0.292 e. The molecule has 6 aromatic carbocycles. The molecule has 0 aliphatic carbocycles. The van der Waals surface area contributed by atoms with Gasteiger partial charge in [-0.15, -0.1) is 0 Å². The zero-order valence-corrected chi connectivity index (χ0v) is 29.3. The summed E-state index contributed by atoms with van der Waals surface area (Å²) in [6, 6.07) is 44.7.